The SMILES string of the molecule is CC(C(=O)NCC1COc2ccccc2O1)N1CCN(C2CCCC2)CC1. The van der Waals surface area contributed by atoms with Gasteiger partial charge in [0.2, 0.25) is 5.91 Å². The van der Waals surface area contributed by atoms with Crippen LogP contribution < -0.4 is 14.8 Å². The van der Waals surface area contributed by atoms with Gasteiger partial charge in [0, 0.05) is 32.2 Å². The molecule has 27 heavy (non-hydrogen) atoms. The van der Waals surface area contributed by atoms with E-state index in [4.69, 9.17) is 9.47 Å². The first kappa shape index (κ1) is 18.6. The number of hydrogen-bond acceptors (Lipinski definition) is 5. The van der Waals surface area contributed by atoms with Crippen LogP contribution >= 0.6 is 0 Å². The molecule has 1 aliphatic carbocycles. The third-order valence-corrected chi connectivity index (χ3v) is 6.19. The van der Waals surface area contributed by atoms with Gasteiger partial charge in [-0.1, -0.05) is 25.0 Å². The highest BCUT2D eigenvalue weighted by molar-refractivity contribution is 5.81. The summed E-state index contributed by atoms with van der Waals surface area (Å²) in [4.78, 5) is 17.5. The smallest absolute Gasteiger partial charge is 0.237 e. The van der Waals surface area contributed by atoms with E-state index in [0.29, 0.717) is 13.2 Å². The van der Waals surface area contributed by atoms with E-state index in [-0.39, 0.29) is 18.1 Å². The van der Waals surface area contributed by atoms with E-state index in [1.54, 1.807) is 0 Å². The van der Waals surface area contributed by atoms with Crippen LogP contribution in [0.3, 0.4) is 0 Å². The van der Waals surface area contributed by atoms with Crippen molar-refractivity contribution in [1.82, 2.24) is 15.1 Å². The van der Waals surface area contributed by atoms with Crippen molar-refractivity contribution in [1.29, 1.82) is 0 Å². The maximum atomic E-state index is 12.6. The van der Waals surface area contributed by atoms with Gasteiger partial charge in [0.05, 0.1) is 12.6 Å². The molecule has 1 saturated carbocycles. The Labute approximate surface area is 161 Å². The number of amides is 1. The molecule has 0 spiro atoms. The monoisotopic (exact) mass is 373 g/mol. The van der Waals surface area contributed by atoms with E-state index in [1.807, 2.05) is 31.2 Å². The van der Waals surface area contributed by atoms with Crippen molar-refractivity contribution < 1.29 is 14.3 Å². The van der Waals surface area contributed by atoms with E-state index in [0.717, 1.165) is 43.7 Å². The molecule has 4 rings (SSSR count). The van der Waals surface area contributed by atoms with Crippen LogP contribution in [0.15, 0.2) is 24.3 Å². The van der Waals surface area contributed by atoms with Crippen LogP contribution in [0.5, 0.6) is 11.5 Å². The van der Waals surface area contributed by atoms with Gasteiger partial charge in [-0.2, -0.15) is 0 Å². The molecule has 6 heteroatoms. The summed E-state index contributed by atoms with van der Waals surface area (Å²) in [6.07, 6.45) is 5.31. The zero-order valence-electron chi connectivity index (χ0n) is 16.2. The van der Waals surface area contributed by atoms with Crippen molar-refractivity contribution in [3.63, 3.8) is 0 Å². The molecule has 148 valence electrons. The lowest BCUT2D eigenvalue weighted by atomic mass is 10.1. The van der Waals surface area contributed by atoms with Crippen LogP contribution in [0.25, 0.3) is 0 Å². The van der Waals surface area contributed by atoms with Crippen LogP contribution in [-0.4, -0.2) is 73.2 Å². The van der Waals surface area contributed by atoms with Crippen molar-refractivity contribution in [3.8, 4) is 11.5 Å². The third-order valence-electron chi connectivity index (χ3n) is 6.19. The molecule has 1 aromatic rings. The Bertz CT molecular complexity index is 639. The minimum absolute atomic E-state index is 0.0757. The van der Waals surface area contributed by atoms with E-state index < -0.39 is 0 Å². The number of piperazine rings is 1. The molecule has 2 aliphatic heterocycles. The molecular weight excluding hydrogens is 342 g/mol. The number of rotatable bonds is 5. The maximum absolute atomic E-state index is 12.6. The number of benzene rings is 1. The predicted octanol–water partition coefficient (Wildman–Crippen LogP) is 1.89. The zero-order valence-corrected chi connectivity index (χ0v) is 16.2. The number of para-hydroxylation sites is 2. The van der Waals surface area contributed by atoms with E-state index in [9.17, 15) is 4.79 Å². The van der Waals surface area contributed by atoms with Crippen molar-refractivity contribution in [3.05, 3.63) is 24.3 Å². The molecule has 1 N–H and O–H groups in total. The highest BCUT2D eigenvalue weighted by atomic mass is 16.6. The second-order valence-electron chi connectivity index (χ2n) is 7.93. The fourth-order valence-corrected chi connectivity index (χ4v) is 4.45. The maximum Gasteiger partial charge on any atom is 0.237 e. The summed E-state index contributed by atoms with van der Waals surface area (Å²) in [5.41, 5.74) is 0. The molecule has 2 unspecified atom stereocenters. The summed E-state index contributed by atoms with van der Waals surface area (Å²) < 4.78 is 11.6. The Morgan fingerprint density at radius 3 is 2.59 bits per heavy atom. The first-order valence-corrected chi connectivity index (χ1v) is 10.3. The average molecular weight is 373 g/mol. The fourth-order valence-electron chi connectivity index (χ4n) is 4.45. The number of hydrogen-bond donors (Lipinski definition) is 1. The lowest BCUT2D eigenvalue weighted by Gasteiger charge is -2.40. The van der Waals surface area contributed by atoms with Gasteiger partial charge in [-0.25, -0.2) is 0 Å². The van der Waals surface area contributed by atoms with Crippen molar-refractivity contribution >= 4 is 5.91 Å². The predicted molar refractivity (Wildman–Crippen MR) is 104 cm³/mol. The molecule has 0 bridgehead atoms. The first-order valence-electron chi connectivity index (χ1n) is 10.3. The number of fused-ring (bicyclic) bond motifs is 1. The van der Waals surface area contributed by atoms with Gasteiger partial charge in [0.25, 0.3) is 0 Å². The van der Waals surface area contributed by atoms with Crippen molar-refractivity contribution in [2.24, 2.45) is 0 Å². The lowest BCUT2D eigenvalue weighted by molar-refractivity contribution is -0.127. The standard InChI is InChI=1S/C21H31N3O3/c1-16(23-10-12-24(13-11-23)17-6-2-3-7-17)21(25)22-14-18-15-26-19-8-4-5-9-20(19)27-18/h4-5,8-9,16-18H,2-3,6-7,10-15H2,1H3,(H,22,25). The fraction of sp³-hybridized carbons (Fsp3) is 0.667. The summed E-state index contributed by atoms with van der Waals surface area (Å²) in [6, 6.07) is 8.33. The van der Waals surface area contributed by atoms with Gasteiger partial charge >= 0.3 is 0 Å². The Morgan fingerprint density at radius 1 is 1.15 bits per heavy atom. The molecule has 0 radical (unpaired) electrons. The van der Waals surface area contributed by atoms with Gasteiger partial charge in [-0.05, 0) is 31.9 Å². The van der Waals surface area contributed by atoms with Crippen molar-refractivity contribution in [2.75, 3.05) is 39.3 Å². The molecular formula is C21H31N3O3. The highest BCUT2D eigenvalue weighted by Crippen LogP contribution is 2.30. The quantitative estimate of drug-likeness (QED) is 0.854. The van der Waals surface area contributed by atoms with E-state index in [1.165, 1.54) is 25.7 Å². The molecule has 1 amide bonds. The van der Waals surface area contributed by atoms with Gasteiger partial charge in [0.15, 0.2) is 11.5 Å². The molecule has 2 atom stereocenters. The number of nitrogens with one attached hydrogen (secondary N) is 1. The lowest BCUT2D eigenvalue weighted by Crippen LogP contribution is -2.56. The number of ether oxygens (including phenoxy) is 2. The third kappa shape index (κ3) is 4.38. The van der Waals surface area contributed by atoms with Crippen LogP contribution in [0, 0.1) is 0 Å². The molecule has 0 aromatic heterocycles. The first-order chi connectivity index (χ1) is 13.2. The Morgan fingerprint density at radius 2 is 1.85 bits per heavy atom. The molecule has 2 heterocycles. The summed E-state index contributed by atoms with van der Waals surface area (Å²) in [7, 11) is 0. The van der Waals surface area contributed by atoms with Crippen LogP contribution in [0.4, 0.5) is 0 Å². The summed E-state index contributed by atoms with van der Waals surface area (Å²) in [5, 5.41) is 3.05. The molecule has 2 fully saturated rings. The normalized spacial score (nSPS) is 25.3. The van der Waals surface area contributed by atoms with Gasteiger partial charge in [-0.15, -0.1) is 0 Å². The minimum atomic E-state index is -0.143. The zero-order chi connectivity index (χ0) is 18.6. The Hall–Kier alpha value is -1.79. The Balaban J connectivity index is 1.21. The molecule has 6 nitrogen and oxygen atoms in total. The molecule has 1 saturated heterocycles. The highest BCUT2D eigenvalue weighted by Gasteiger charge is 2.30. The topological polar surface area (TPSA) is 54.0 Å². The van der Waals surface area contributed by atoms with Crippen molar-refractivity contribution in [2.45, 2.75) is 50.8 Å². The minimum Gasteiger partial charge on any atom is -0.486 e. The molecule has 1 aromatic carbocycles. The second kappa shape index (κ2) is 8.48. The summed E-state index contributed by atoms with van der Waals surface area (Å²) >= 11 is 0. The van der Waals surface area contributed by atoms with Crippen LogP contribution in [-0.2, 0) is 4.79 Å². The largest absolute Gasteiger partial charge is 0.486 e. The Kier molecular flexibility index (Phi) is 5.83. The van der Waals surface area contributed by atoms with Gasteiger partial charge < -0.3 is 14.8 Å². The summed E-state index contributed by atoms with van der Waals surface area (Å²) in [5.74, 6) is 1.60. The van der Waals surface area contributed by atoms with E-state index >= 15 is 0 Å². The van der Waals surface area contributed by atoms with Crippen LogP contribution in [0.2, 0.25) is 0 Å². The van der Waals surface area contributed by atoms with Gasteiger partial charge in [-0.3, -0.25) is 14.6 Å². The average Bonchev–Trinajstić information content (AvgIpc) is 3.26. The van der Waals surface area contributed by atoms with E-state index in [2.05, 4.69) is 15.1 Å². The number of nitrogens with zero attached hydrogens (tertiary/aromatic N) is 2. The number of carbonyl (C=O) groups excluding carboxylic acids is 1. The summed E-state index contributed by atoms with van der Waals surface area (Å²) in [6.45, 7) is 7.06. The number of carbonyl (C=O) groups is 1. The molecule has 3 aliphatic rings. The van der Waals surface area contributed by atoms with Gasteiger partial charge in [0.1, 0.15) is 12.7 Å². The second-order valence-corrected chi connectivity index (χ2v) is 7.93. The van der Waals surface area contributed by atoms with Crippen LogP contribution in [0.1, 0.15) is 32.6 Å².